The Morgan fingerprint density at radius 1 is 1.00 bits per heavy atom. The molecule has 1 aromatic heterocycles. The molecule has 1 aliphatic heterocycles. The Hall–Kier alpha value is -2.79. The highest BCUT2D eigenvalue weighted by Crippen LogP contribution is 2.27. The molecule has 0 atom stereocenters. The fourth-order valence-electron chi connectivity index (χ4n) is 2.54. The first-order chi connectivity index (χ1) is 11.8. The van der Waals surface area contributed by atoms with Gasteiger partial charge in [-0.2, -0.15) is 4.98 Å². The summed E-state index contributed by atoms with van der Waals surface area (Å²) in [4.78, 5) is 8.70. The maximum atomic E-state index is 6.21. The van der Waals surface area contributed by atoms with Crippen LogP contribution in [0.15, 0.2) is 54.7 Å². The van der Waals surface area contributed by atoms with Crippen molar-refractivity contribution in [1.29, 1.82) is 0 Å². The topological polar surface area (TPSA) is 59.1 Å². The van der Waals surface area contributed by atoms with Crippen LogP contribution in [0.1, 0.15) is 5.56 Å². The van der Waals surface area contributed by atoms with Crippen LogP contribution >= 0.6 is 11.6 Å². The van der Waals surface area contributed by atoms with Crippen molar-refractivity contribution < 1.29 is 4.74 Å². The molecule has 0 saturated heterocycles. The number of aromatic nitrogens is 2. The molecule has 4 rings (SSSR count). The maximum absolute atomic E-state index is 6.21. The van der Waals surface area contributed by atoms with Crippen LogP contribution in [0, 0.1) is 0 Å². The fourth-order valence-corrected chi connectivity index (χ4v) is 2.67. The van der Waals surface area contributed by atoms with Crippen molar-refractivity contribution in [2.75, 3.05) is 17.2 Å². The molecule has 2 heterocycles. The number of fused-ring (bicyclic) bond motifs is 6. The van der Waals surface area contributed by atoms with Crippen LogP contribution in [0.5, 0.6) is 5.75 Å². The van der Waals surface area contributed by atoms with Crippen LogP contribution in [0.25, 0.3) is 0 Å². The number of nitrogens with zero attached hydrogens (tertiary/aromatic N) is 2. The maximum Gasteiger partial charge on any atom is 0.229 e. The van der Waals surface area contributed by atoms with Gasteiger partial charge in [0.25, 0.3) is 0 Å². The van der Waals surface area contributed by atoms with Gasteiger partial charge in [-0.15, -0.1) is 0 Å². The third-order valence-electron chi connectivity index (χ3n) is 3.68. The molecule has 3 aromatic rings. The molecule has 0 spiro atoms. The zero-order valence-corrected chi connectivity index (χ0v) is 13.5. The van der Waals surface area contributed by atoms with E-state index in [0.717, 1.165) is 23.5 Å². The Morgan fingerprint density at radius 2 is 1.83 bits per heavy atom. The molecule has 0 aliphatic carbocycles. The number of hydrogen-bond donors (Lipinski definition) is 2. The molecule has 2 N–H and O–H groups in total. The second-order valence-corrected chi connectivity index (χ2v) is 5.87. The van der Waals surface area contributed by atoms with Gasteiger partial charge in [0, 0.05) is 23.9 Å². The molecule has 0 amide bonds. The van der Waals surface area contributed by atoms with Crippen molar-refractivity contribution in [2.24, 2.45) is 0 Å². The summed E-state index contributed by atoms with van der Waals surface area (Å²) in [6.07, 6.45) is 2.40. The molecule has 120 valence electrons. The van der Waals surface area contributed by atoms with E-state index in [9.17, 15) is 0 Å². The zero-order chi connectivity index (χ0) is 16.4. The Morgan fingerprint density at radius 3 is 2.75 bits per heavy atom. The van der Waals surface area contributed by atoms with E-state index in [-0.39, 0.29) is 0 Å². The molecule has 0 radical (unpaired) electrons. The lowest BCUT2D eigenvalue weighted by molar-refractivity contribution is 0.322. The predicted octanol–water partition coefficient (Wildman–Crippen LogP) is 4.55. The minimum atomic E-state index is 0.452. The van der Waals surface area contributed by atoms with E-state index < -0.39 is 0 Å². The van der Waals surface area contributed by atoms with Gasteiger partial charge in [-0.05, 0) is 29.8 Å². The number of rotatable bonds is 0. The van der Waals surface area contributed by atoms with E-state index in [2.05, 4.69) is 32.7 Å². The number of halogens is 1. The van der Waals surface area contributed by atoms with Crippen molar-refractivity contribution in [3.05, 3.63) is 65.3 Å². The smallest absolute Gasteiger partial charge is 0.229 e. The van der Waals surface area contributed by atoms with Gasteiger partial charge in [-0.3, -0.25) is 0 Å². The Bertz CT molecular complexity index is 884. The Balaban J connectivity index is 1.77. The largest absolute Gasteiger partial charge is 0.493 e. The summed E-state index contributed by atoms with van der Waals surface area (Å²) in [5.74, 6) is 1.83. The summed E-state index contributed by atoms with van der Waals surface area (Å²) in [5, 5.41) is 6.87. The molecule has 0 fully saturated rings. The van der Waals surface area contributed by atoms with Crippen LogP contribution in [0.4, 0.5) is 23.1 Å². The van der Waals surface area contributed by atoms with Crippen molar-refractivity contribution in [1.82, 2.24) is 9.97 Å². The van der Waals surface area contributed by atoms with E-state index in [1.54, 1.807) is 6.20 Å². The first-order valence-corrected chi connectivity index (χ1v) is 8.02. The lowest BCUT2D eigenvalue weighted by Gasteiger charge is -2.13. The number of ether oxygens (including phenoxy) is 1. The van der Waals surface area contributed by atoms with Crippen molar-refractivity contribution in [3.8, 4) is 5.75 Å². The van der Waals surface area contributed by atoms with Gasteiger partial charge in [0.15, 0.2) is 5.82 Å². The summed E-state index contributed by atoms with van der Waals surface area (Å²) >= 11 is 6.21. The average molecular weight is 339 g/mol. The lowest BCUT2D eigenvalue weighted by Crippen LogP contribution is -2.05. The molecule has 5 nitrogen and oxygen atoms in total. The van der Waals surface area contributed by atoms with Gasteiger partial charge in [0.2, 0.25) is 5.95 Å². The van der Waals surface area contributed by atoms with Gasteiger partial charge >= 0.3 is 0 Å². The van der Waals surface area contributed by atoms with Crippen molar-refractivity contribution in [3.63, 3.8) is 0 Å². The third-order valence-corrected chi connectivity index (χ3v) is 3.96. The fraction of sp³-hybridized carbons (Fsp3) is 0.111. The van der Waals surface area contributed by atoms with Crippen LogP contribution < -0.4 is 15.4 Å². The van der Waals surface area contributed by atoms with Crippen molar-refractivity contribution in [2.45, 2.75) is 6.42 Å². The van der Waals surface area contributed by atoms with E-state index in [1.165, 1.54) is 5.56 Å². The highest BCUT2D eigenvalue weighted by Gasteiger charge is 2.08. The van der Waals surface area contributed by atoms with E-state index in [4.69, 9.17) is 16.3 Å². The molecule has 0 saturated carbocycles. The van der Waals surface area contributed by atoms with Gasteiger partial charge in [0.05, 0.1) is 12.8 Å². The first kappa shape index (κ1) is 14.8. The summed E-state index contributed by atoms with van der Waals surface area (Å²) < 4.78 is 5.85. The average Bonchev–Trinajstić information content (AvgIpc) is 2.58. The van der Waals surface area contributed by atoms with E-state index in [0.29, 0.717) is 23.4 Å². The van der Waals surface area contributed by atoms with Crippen LogP contribution in [0.2, 0.25) is 5.02 Å². The number of benzene rings is 2. The second kappa shape index (κ2) is 6.37. The van der Waals surface area contributed by atoms with Crippen LogP contribution in [-0.4, -0.2) is 16.6 Å². The minimum Gasteiger partial charge on any atom is -0.493 e. The van der Waals surface area contributed by atoms with Crippen molar-refractivity contribution >= 4 is 34.7 Å². The first-order valence-electron chi connectivity index (χ1n) is 7.65. The summed E-state index contributed by atoms with van der Waals surface area (Å²) in [5.41, 5.74) is 2.96. The van der Waals surface area contributed by atoms with Gasteiger partial charge in [-0.1, -0.05) is 29.8 Å². The van der Waals surface area contributed by atoms with Crippen LogP contribution in [0.3, 0.4) is 0 Å². The Labute approximate surface area is 144 Å². The molecule has 6 bridgehead atoms. The molecule has 2 aromatic carbocycles. The molecule has 0 unspecified atom stereocenters. The van der Waals surface area contributed by atoms with Gasteiger partial charge in [-0.25, -0.2) is 4.98 Å². The molecular weight excluding hydrogens is 324 g/mol. The lowest BCUT2D eigenvalue weighted by atomic mass is 10.1. The number of anilines is 4. The predicted molar refractivity (Wildman–Crippen MR) is 95.7 cm³/mol. The standard InChI is InChI=1S/C18H15ClN4O/c19-16-11-20-18-22-13-4-1-3-12(9-13)7-8-24-15-6-2-5-14(10-15)21-17(16)23-18/h1-6,9-11H,7-8H2,(H2,20,21,22,23). The molecular formula is C18H15ClN4O. The molecule has 1 aliphatic rings. The minimum absolute atomic E-state index is 0.452. The summed E-state index contributed by atoms with van der Waals surface area (Å²) in [6, 6.07) is 15.8. The quantitative estimate of drug-likeness (QED) is 0.629. The summed E-state index contributed by atoms with van der Waals surface area (Å²) in [6.45, 7) is 0.607. The van der Waals surface area contributed by atoms with E-state index >= 15 is 0 Å². The van der Waals surface area contributed by atoms with Gasteiger partial charge < -0.3 is 15.4 Å². The second-order valence-electron chi connectivity index (χ2n) is 5.47. The van der Waals surface area contributed by atoms with Gasteiger partial charge in [0.1, 0.15) is 10.8 Å². The zero-order valence-electron chi connectivity index (χ0n) is 12.8. The number of hydrogen-bond acceptors (Lipinski definition) is 5. The third kappa shape index (κ3) is 3.26. The summed E-state index contributed by atoms with van der Waals surface area (Å²) in [7, 11) is 0. The van der Waals surface area contributed by atoms with Crippen LogP contribution in [-0.2, 0) is 6.42 Å². The number of nitrogens with one attached hydrogen (secondary N) is 2. The highest BCUT2D eigenvalue weighted by atomic mass is 35.5. The highest BCUT2D eigenvalue weighted by molar-refractivity contribution is 6.32. The Kier molecular flexibility index (Phi) is 3.92. The monoisotopic (exact) mass is 338 g/mol. The molecule has 24 heavy (non-hydrogen) atoms. The molecule has 6 heteroatoms. The SMILES string of the molecule is Clc1cnc2nc1Nc1cccc(c1)OCCc1cccc(c1)N2. The normalized spacial score (nSPS) is 13.0. The van der Waals surface area contributed by atoms with E-state index in [1.807, 2.05) is 36.4 Å².